The second-order valence-electron chi connectivity index (χ2n) is 5.39. The summed E-state index contributed by atoms with van der Waals surface area (Å²) >= 11 is 0. The molecule has 4 heteroatoms. The molecule has 0 aromatic carbocycles. The number of nitrogens with zero attached hydrogens (tertiary/aromatic N) is 1. The molecule has 0 aromatic heterocycles. The highest BCUT2D eigenvalue weighted by Crippen LogP contribution is 2.34. The molecule has 0 bridgehead atoms. The van der Waals surface area contributed by atoms with Crippen molar-refractivity contribution in [1.29, 1.82) is 0 Å². The van der Waals surface area contributed by atoms with E-state index in [4.69, 9.17) is 9.47 Å². The number of rotatable bonds is 6. The van der Waals surface area contributed by atoms with Crippen LogP contribution in [0, 0.1) is 0 Å². The molecule has 0 spiro atoms. The van der Waals surface area contributed by atoms with Gasteiger partial charge in [-0.25, -0.2) is 0 Å². The summed E-state index contributed by atoms with van der Waals surface area (Å²) in [5, 5.41) is 0. The third kappa shape index (κ3) is 3.69. The SMILES string of the molecule is CCOC(=O)CN(C1CC1)C1CCCC(OC)C1. The van der Waals surface area contributed by atoms with E-state index < -0.39 is 0 Å². The fourth-order valence-electron chi connectivity index (χ4n) is 2.95. The summed E-state index contributed by atoms with van der Waals surface area (Å²) in [5.41, 5.74) is 0. The van der Waals surface area contributed by atoms with Crippen LogP contribution in [0.5, 0.6) is 0 Å². The van der Waals surface area contributed by atoms with Crippen molar-refractivity contribution < 1.29 is 14.3 Å². The van der Waals surface area contributed by atoms with Gasteiger partial charge in [-0.3, -0.25) is 9.69 Å². The fourth-order valence-corrected chi connectivity index (χ4v) is 2.95. The predicted molar refractivity (Wildman–Crippen MR) is 69.4 cm³/mol. The summed E-state index contributed by atoms with van der Waals surface area (Å²) < 4.78 is 10.6. The Labute approximate surface area is 110 Å². The first kappa shape index (κ1) is 13.8. The van der Waals surface area contributed by atoms with Crippen LogP contribution in [0.25, 0.3) is 0 Å². The first-order valence-electron chi connectivity index (χ1n) is 7.18. The molecule has 104 valence electrons. The molecule has 2 aliphatic rings. The highest BCUT2D eigenvalue weighted by Gasteiger charge is 2.37. The molecule has 2 unspecified atom stereocenters. The maximum absolute atomic E-state index is 11.7. The minimum atomic E-state index is -0.0797. The molecule has 2 aliphatic carbocycles. The molecule has 0 saturated heterocycles. The number of hydrogen-bond donors (Lipinski definition) is 0. The number of esters is 1. The third-order valence-electron chi connectivity index (χ3n) is 4.03. The van der Waals surface area contributed by atoms with E-state index in [1.54, 1.807) is 7.11 Å². The van der Waals surface area contributed by atoms with Gasteiger partial charge in [0.2, 0.25) is 0 Å². The van der Waals surface area contributed by atoms with Crippen LogP contribution in [-0.2, 0) is 14.3 Å². The van der Waals surface area contributed by atoms with E-state index in [0.717, 1.165) is 12.8 Å². The summed E-state index contributed by atoms with van der Waals surface area (Å²) in [6.45, 7) is 2.79. The zero-order valence-electron chi connectivity index (χ0n) is 11.6. The number of carbonyl (C=O) groups excluding carboxylic acids is 1. The lowest BCUT2D eigenvalue weighted by atomic mass is 9.91. The van der Waals surface area contributed by atoms with Gasteiger partial charge in [0.05, 0.1) is 19.3 Å². The standard InChI is InChI=1S/C14H25NO3/c1-3-18-14(16)10-15(11-7-8-11)12-5-4-6-13(9-12)17-2/h11-13H,3-10H2,1-2H3. The average molecular weight is 255 g/mol. The lowest BCUT2D eigenvalue weighted by Gasteiger charge is -2.36. The second kappa shape index (κ2) is 6.53. The minimum Gasteiger partial charge on any atom is -0.465 e. The Balaban J connectivity index is 1.90. The van der Waals surface area contributed by atoms with E-state index in [1.165, 1.54) is 25.7 Å². The van der Waals surface area contributed by atoms with E-state index >= 15 is 0 Å². The fraction of sp³-hybridized carbons (Fsp3) is 0.929. The first-order valence-corrected chi connectivity index (χ1v) is 7.18. The normalized spacial score (nSPS) is 28.4. The van der Waals surface area contributed by atoms with Crippen LogP contribution in [0.2, 0.25) is 0 Å². The number of ether oxygens (including phenoxy) is 2. The largest absolute Gasteiger partial charge is 0.465 e. The molecular formula is C14H25NO3. The highest BCUT2D eigenvalue weighted by atomic mass is 16.5. The molecule has 0 aromatic rings. The quantitative estimate of drug-likeness (QED) is 0.680. The van der Waals surface area contributed by atoms with Crippen molar-refractivity contribution in [3.63, 3.8) is 0 Å². The van der Waals surface area contributed by atoms with Gasteiger partial charge in [-0.1, -0.05) is 0 Å². The Morgan fingerprint density at radius 3 is 2.61 bits per heavy atom. The maximum Gasteiger partial charge on any atom is 0.320 e. The summed E-state index contributed by atoms with van der Waals surface area (Å²) in [7, 11) is 1.79. The van der Waals surface area contributed by atoms with Crippen molar-refractivity contribution in [2.45, 2.75) is 63.6 Å². The molecular weight excluding hydrogens is 230 g/mol. The summed E-state index contributed by atoms with van der Waals surface area (Å²) in [6.07, 6.45) is 7.44. The summed E-state index contributed by atoms with van der Waals surface area (Å²) in [6, 6.07) is 1.11. The summed E-state index contributed by atoms with van der Waals surface area (Å²) in [5.74, 6) is -0.0797. The van der Waals surface area contributed by atoms with Crippen LogP contribution in [0.15, 0.2) is 0 Å². The maximum atomic E-state index is 11.7. The Bertz CT molecular complexity index is 278. The number of hydrogen-bond acceptors (Lipinski definition) is 4. The van der Waals surface area contributed by atoms with E-state index in [9.17, 15) is 4.79 Å². The van der Waals surface area contributed by atoms with Crippen molar-refractivity contribution in [2.24, 2.45) is 0 Å². The van der Waals surface area contributed by atoms with Gasteiger partial charge in [0, 0.05) is 19.2 Å². The van der Waals surface area contributed by atoms with Gasteiger partial charge >= 0.3 is 5.97 Å². The van der Waals surface area contributed by atoms with Gasteiger partial charge in [-0.2, -0.15) is 0 Å². The molecule has 2 rings (SSSR count). The molecule has 2 saturated carbocycles. The van der Waals surface area contributed by atoms with E-state index in [0.29, 0.717) is 31.3 Å². The predicted octanol–water partition coefficient (Wildman–Crippen LogP) is 1.97. The van der Waals surface area contributed by atoms with Gasteiger partial charge < -0.3 is 9.47 Å². The van der Waals surface area contributed by atoms with Gasteiger partial charge in [0.1, 0.15) is 0 Å². The van der Waals surface area contributed by atoms with Crippen molar-refractivity contribution >= 4 is 5.97 Å². The molecule has 4 nitrogen and oxygen atoms in total. The molecule has 18 heavy (non-hydrogen) atoms. The smallest absolute Gasteiger partial charge is 0.320 e. The van der Waals surface area contributed by atoms with Crippen LogP contribution in [0.1, 0.15) is 45.4 Å². The lowest BCUT2D eigenvalue weighted by Crippen LogP contribution is -2.44. The first-order chi connectivity index (χ1) is 8.74. The van der Waals surface area contributed by atoms with Crippen molar-refractivity contribution in [3.05, 3.63) is 0 Å². The zero-order valence-corrected chi connectivity index (χ0v) is 11.6. The van der Waals surface area contributed by atoms with Crippen LogP contribution >= 0.6 is 0 Å². The zero-order chi connectivity index (χ0) is 13.0. The monoisotopic (exact) mass is 255 g/mol. The van der Waals surface area contributed by atoms with Crippen LogP contribution in [0.4, 0.5) is 0 Å². The van der Waals surface area contributed by atoms with Crippen molar-refractivity contribution in [1.82, 2.24) is 4.90 Å². The number of carbonyl (C=O) groups is 1. The molecule has 2 fully saturated rings. The minimum absolute atomic E-state index is 0.0797. The van der Waals surface area contributed by atoms with E-state index in [-0.39, 0.29) is 5.97 Å². The van der Waals surface area contributed by atoms with Crippen molar-refractivity contribution in [3.8, 4) is 0 Å². The Morgan fingerprint density at radius 2 is 2.00 bits per heavy atom. The molecule has 0 radical (unpaired) electrons. The topological polar surface area (TPSA) is 38.8 Å². The van der Waals surface area contributed by atoms with Gasteiger partial charge in [-0.15, -0.1) is 0 Å². The van der Waals surface area contributed by atoms with Crippen LogP contribution < -0.4 is 0 Å². The summed E-state index contributed by atoms with van der Waals surface area (Å²) in [4.78, 5) is 14.0. The Hall–Kier alpha value is -0.610. The molecule has 0 heterocycles. The van der Waals surface area contributed by atoms with Crippen LogP contribution in [0.3, 0.4) is 0 Å². The second-order valence-corrected chi connectivity index (χ2v) is 5.39. The third-order valence-corrected chi connectivity index (χ3v) is 4.03. The van der Waals surface area contributed by atoms with E-state index in [2.05, 4.69) is 4.90 Å². The highest BCUT2D eigenvalue weighted by molar-refractivity contribution is 5.71. The molecule has 2 atom stereocenters. The van der Waals surface area contributed by atoms with E-state index in [1.807, 2.05) is 6.92 Å². The van der Waals surface area contributed by atoms with Gasteiger partial charge in [-0.05, 0) is 45.4 Å². The lowest BCUT2D eigenvalue weighted by molar-refractivity contribution is -0.145. The van der Waals surface area contributed by atoms with Gasteiger partial charge in [0.15, 0.2) is 0 Å². The average Bonchev–Trinajstić information content (AvgIpc) is 3.20. The molecule has 0 amide bonds. The van der Waals surface area contributed by atoms with Gasteiger partial charge in [0.25, 0.3) is 0 Å². The Morgan fingerprint density at radius 1 is 1.22 bits per heavy atom. The number of methoxy groups -OCH3 is 1. The Kier molecular flexibility index (Phi) is 5.01. The molecule has 0 N–H and O–H groups in total. The van der Waals surface area contributed by atoms with Crippen molar-refractivity contribution in [2.75, 3.05) is 20.3 Å². The van der Waals surface area contributed by atoms with Crippen LogP contribution in [-0.4, -0.2) is 49.3 Å². The molecule has 0 aliphatic heterocycles.